The Morgan fingerprint density at radius 1 is 0.750 bits per heavy atom. The molecular formula is C22H20F6O10S2. The molecule has 0 spiro atoms. The maximum absolute atomic E-state index is 12.7. The Morgan fingerprint density at radius 2 is 1.18 bits per heavy atom. The predicted octanol–water partition coefficient (Wildman–Crippen LogP) is 3.74. The average Bonchev–Trinajstić information content (AvgIpc) is 3.17. The summed E-state index contributed by atoms with van der Waals surface area (Å²) >= 11 is 0. The van der Waals surface area contributed by atoms with Gasteiger partial charge in [-0.05, 0) is 48.2 Å². The van der Waals surface area contributed by atoms with Gasteiger partial charge in [-0.1, -0.05) is 12.1 Å². The molecule has 0 radical (unpaired) electrons. The van der Waals surface area contributed by atoms with E-state index in [2.05, 4.69) is 8.37 Å². The van der Waals surface area contributed by atoms with E-state index in [1.165, 1.54) is 24.3 Å². The van der Waals surface area contributed by atoms with Crippen LogP contribution in [0.2, 0.25) is 0 Å². The van der Waals surface area contributed by atoms with Crippen molar-refractivity contribution in [2.75, 3.05) is 20.8 Å². The summed E-state index contributed by atoms with van der Waals surface area (Å²) in [6.07, 6.45) is 0.121. The van der Waals surface area contributed by atoms with Crippen LogP contribution in [0.4, 0.5) is 26.3 Å². The maximum atomic E-state index is 12.7. The van der Waals surface area contributed by atoms with Crippen molar-refractivity contribution >= 4 is 26.2 Å². The van der Waals surface area contributed by atoms with E-state index in [0.717, 1.165) is 26.4 Å². The molecule has 1 saturated heterocycles. The highest BCUT2D eigenvalue weighted by Gasteiger charge is 2.50. The molecule has 222 valence electrons. The number of esters is 1. The number of benzene rings is 2. The molecule has 1 aliphatic heterocycles. The molecule has 0 aromatic heterocycles. The number of alkyl halides is 6. The molecule has 1 heterocycles. The van der Waals surface area contributed by atoms with E-state index in [1.54, 1.807) is 0 Å². The van der Waals surface area contributed by atoms with Crippen molar-refractivity contribution in [3.8, 4) is 23.0 Å². The van der Waals surface area contributed by atoms with E-state index in [1.807, 2.05) is 0 Å². The quantitative estimate of drug-likeness (QED) is 0.167. The first-order valence-corrected chi connectivity index (χ1v) is 13.7. The number of hydrogen-bond acceptors (Lipinski definition) is 10. The minimum atomic E-state index is -5.96. The summed E-state index contributed by atoms with van der Waals surface area (Å²) in [6, 6.07) is 6.84. The number of halogens is 6. The number of rotatable bonds is 10. The normalized spacial score (nSPS) is 18.2. The van der Waals surface area contributed by atoms with E-state index >= 15 is 0 Å². The second-order valence-corrected chi connectivity index (χ2v) is 11.4. The van der Waals surface area contributed by atoms with Crippen LogP contribution in [-0.2, 0) is 42.6 Å². The molecule has 0 saturated carbocycles. The third-order valence-electron chi connectivity index (χ3n) is 5.69. The molecule has 1 fully saturated rings. The number of carbonyl (C=O) groups excluding carboxylic acids is 1. The van der Waals surface area contributed by atoms with Gasteiger partial charge in [-0.3, -0.25) is 4.79 Å². The van der Waals surface area contributed by atoms with Gasteiger partial charge >= 0.3 is 37.2 Å². The SMILES string of the molecule is COc1cc(C[C@H]2COC(=O)[C@@H]2Cc2ccc(OS(=O)(=O)C(F)(F)F)c(OC)c2)ccc1OS(=O)(=O)C(F)(F)F. The fourth-order valence-corrected chi connectivity index (χ4v) is 4.70. The summed E-state index contributed by atoms with van der Waals surface area (Å²) < 4.78 is 145. The molecule has 0 amide bonds. The summed E-state index contributed by atoms with van der Waals surface area (Å²) in [7, 11) is -9.76. The topological polar surface area (TPSA) is 132 Å². The van der Waals surface area contributed by atoms with E-state index in [0.29, 0.717) is 11.1 Å². The molecule has 1 aliphatic rings. The molecule has 0 unspecified atom stereocenters. The number of cyclic esters (lactones) is 1. The van der Waals surface area contributed by atoms with Gasteiger partial charge in [-0.2, -0.15) is 43.2 Å². The van der Waals surface area contributed by atoms with Crippen LogP contribution in [0, 0.1) is 11.8 Å². The van der Waals surface area contributed by atoms with Crippen LogP contribution in [0.25, 0.3) is 0 Å². The molecule has 40 heavy (non-hydrogen) atoms. The summed E-state index contributed by atoms with van der Waals surface area (Å²) in [6.45, 7) is -0.0469. The first-order valence-electron chi connectivity index (χ1n) is 10.9. The Kier molecular flexibility index (Phi) is 8.73. The number of methoxy groups -OCH3 is 2. The molecule has 10 nitrogen and oxygen atoms in total. The fraction of sp³-hybridized carbons (Fsp3) is 0.409. The van der Waals surface area contributed by atoms with Crippen LogP contribution in [-0.4, -0.2) is 54.6 Å². The third-order valence-corrected chi connectivity index (χ3v) is 7.62. The Balaban J connectivity index is 1.79. The largest absolute Gasteiger partial charge is 0.534 e. The summed E-state index contributed by atoms with van der Waals surface area (Å²) in [5, 5.41) is 0. The minimum Gasteiger partial charge on any atom is -0.493 e. The second kappa shape index (κ2) is 11.2. The van der Waals surface area contributed by atoms with Crippen molar-refractivity contribution in [2.45, 2.75) is 23.9 Å². The van der Waals surface area contributed by atoms with Crippen LogP contribution in [0.1, 0.15) is 11.1 Å². The minimum absolute atomic E-state index is 0.00564. The fourth-order valence-electron chi connectivity index (χ4n) is 3.76. The molecule has 3 rings (SSSR count). The first-order chi connectivity index (χ1) is 18.4. The smallest absolute Gasteiger partial charge is 0.493 e. The van der Waals surface area contributed by atoms with Crippen LogP contribution < -0.4 is 17.8 Å². The van der Waals surface area contributed by atoms with Gasteiger partial charge in [0.25, 0.3) is 0 Å². The standard InChI is InChI=1S/C22H20F6O10S2/c1-34-18-9-12(3-5-16(18)37-39(30,31)21(23,24)25)7-14-11-36-20(29)15(14)8-13-4-6-17(19(10-13)35-2)38-40(32,33)22(26,27)28/h3-6,9-10,14-15H,7-8,11H2,1-2H3/t14-,15+/m0/s1. The van der Waals surface area contributed by atoms with Crippen molar-refractivity contribution in [3.63, 3.8) is 0 Å². The van der Waals surface area contributed by atoms with Crippen LogP contribution in [0.15, 0.2) is 36.4 Å². The van der Waals surface area contributed by atoms with Crippen molar-refractivity contribution in [2.24, 2.45) is 11.8 Å². The molecule has 2 atom stereocenters. The zero-order valence-corrected chi connectivity index (χ0v) is 22.0. The lowest BCUT2D eigenvalue weighted by Gasteiger charge is -2.18. The average molecular weight is 623 g/mol. The van der Waals surface area contributed by atoms with Gasteiger partial charge in [0, 0.05) is 5.92 Å². The monoisotopic (exact) mass is 622 g/mol. The van der Waals surface area contributed by atoms with Gasteiger partial charge in [0.05, 0.1) is 26.7 Å². The lowest BCUT2D eigenvalue weighted by Crippen LogP contribution is -2.28. The zero-order valence-electron chi connectivity index (χ0n) is 20.4. The van der Waals surface area contributed by atoms with E-state index in [9.17, 15) is 48.0 Å². The van der Waals surface area contributed by atoms with Gasteiger partial charge in [-0.15, -0.1) is 0 Å². The Hall–Kier alpha value is -3.41. The predicted molar refractivity (Wildman–Crippen MR) is 123 cm³/mol. The van der Waals surface area contributed by atoms with Gasteiger partial charge < -0.3 is 22.6 Å². The molecule has 0 N–H and O–H groups in total. The highest BCUT2D eigenvalue weighted by atomic mass is 32.2. The number of hydrogen-bond donors (Lipinski definition) is 0. The van der Waals surface area contributed by atoms with Crippen LogP contribution >= 0.6 is 0 Å². The third kappa shape index (κ3) is 6.83. The molecule has 0 aliphatic carbocycles. The van der Waals surface area contributed by atoms with Gasteiger partial charge in [0.1, 0.15) is 0 Å². The van der Waals surface area contributed by atoms with Crippen LogP contribution in [0.5, 0.6) is 23.0 Å². The van der Waals surface area contributed by atoms with E-state index < -0.39 is 60.6 Å². The van der Waals surface area contributed by atoms with Crippen molar-refractivity contribution < 1.29 is 70.5 Å². The number of carbonyl (C=O) groups is 1. The van der Waals surface area contributed by atoms with Crippen molar-refractivity contribution in [3.05, 3.63) is 47.5 Å². The lowest BCUT2D eigenvalue weighted by molar-refractivity contribution is -0.141. The Labute approximate surface area is 224 Å². The Morgan fingerprint density at radius 3 is 1.57 bits per heavy atom. The Bertz CT molecular complexity index is 1470. The summed E-state index contributed by atoms with van der Waals surface area (Å²) in [4.78, 5) is 12.4. The number of ether oxygens (including phenoxy) is 3. The zero-order chi connectivity index (χ0) is 30.1. The van der Waals surface area contributed by atoms with E-state index in [4.69, 9.17) is 14.2 Å². The highest BCUT2D eigenvalue weighted by Crippen LogP contribution is 2.38. The summed E-state index contributed by atoms with van der Waals surface area (Å²) in [5.41, 5.74) is -10.5. The van der Waals surface area contributed by atoms with E-state index in [-0.39, 0.29) is 30.9 Å². The molecular weight excluding hydrogens is 602 g/mol. The van der Waals surface area contributed by atoms with Crippen molar-refractivity contribution in [1.29, 1.82) is 0 Å². The lowest BCUT2D eigenvalue weighted by atomic mass is 9.85. The highest BCUT2D eigenvalue weighted by molar-refractivity contribution is 7.88. The molecule has 0 bridgehead atoms. The van der Waals surface area contributed by atoms with Crippen molar-refractivity contribution in [1.82, 2.24) is 0 Å². The van der Waals surface area contributed by atoms with Gasteiger partial charge in [0.15, 0.2) is 23.0 Å². The maximum Gasteiger partial charge on any atom is 0.534 e. The second-order valence-electron chi connectivity index (χ2n) is 8.34. The first kappa shape index (κ1) is 31.1. The molecule has 2 aromatic carbocycles. The molecule has 18 heteroatoms. The van der Waals surface area contributed by atoms with Gasteiger partial charge in [0.2, 0.25) is 0 Å². The molecule has 2 aromatic rings. The van der Waals surface area contributed by atoms with Gasteiger partial charge in [-0.25, -0.2) is 0 Å². The van der Waals surface area contributed by atoms with Crippen LogP contribution in [0.3, 0.4) is 0 Å². The summed E-state index contributed by atoms with van der Waals surface area (Å²) in [5.74, 6) is -3.98.